The number of aromatic amines is 2. The van der Waals surface area contributed by atoms with E-state index in [4.69, 9.17) is 5.26 Å². The molecule has 0 aliphatic heterocycles. The lowest BCUT2D eigenvalue weighted by atomic mass is 10.1. The number of carboxylic acid groups (broad SMARTS) is 1. The van der Waals surface area contributed by atoms with Gasteiger partial charge in [-0.15, -0.1) is 0 Å². The Balaban J connectivity index is 2.50. The highest BCUT2D eigenvalue weighted by Crippen LogP contribution is 2.10. The van der Waals surface area contributed by atoms with E-state index in [-0.39, 0.29) is 12.0 Å². The summed E-state index contributed by atoms with van der Waals surface area (Å²) in [7, 11) is 0. The topological polar surface area (TPSA) is 145 Å². The molecule has 20 heavy (non-hydrogen) atoms. The molecule has 0 radical (unpaired) electrons. The summed E-state index contributed by atoms with van der Waals surface area (Å²) >= 11 is 0. The van der Waals surface area contributed by atoms with E-state index < -0.39 is 23.3 Å². The smallest absolute Gasteiger partial charge is 0.329 e. The second-order valence-electron chi connectivity index (χ2n) is 3.96. The van der Waals surface area contributed by atoms with Crippen LogP contribution in [0.2, 0.25) is 0 Å². The number of carboxylic acids is 1. The number of nitrogens with one attached hydrogen (secondary N) is 2. The van der Waals surface area contributed by atoms with Crippen LogP contribution in [0.5, 0.6) is 0 Å². The Morgan fingerprint density at radius 1 is 1.55 bits per heavy atom. The van der Waals surface area contributed by atoms with Gasteiger partial charge in [0.25, 0.3) is 5.56 Å². The van der Waals surface area contributed by atoms with Crippen molar-refractivity contribution in [1.82, 2.24) is 19.5 Å². The molecule has 2 aromatic heterocycles. The quantitative estimate of drug-likeness (QED) is 0.652. The van der Waals surface area contributed by atoms with Gasteiger partial charge in [0.2, 0.25) is 0 Å². The van der Waals surface area contributed by atoms with Crippen molar-refractivity contribution in [2.24, 2.45) is 0 Å². The van der Waals surface area contributed by atoms with Crippen LogP contribution in [-0.2, 0) is 11.2 Å². The van der Waals surface area contributed by atoms with Crippen LogP contribution in [0.25, 0.3) is 0 Å². The fourth-order valence-electron chi connectivity index (χ4n) is 1.71. The first-order chi connectivity index (χ1) is 9.52. The summed E-state index contributed by atoms with van der Waals surface area (Å²) in [5, 5.41) is 18.0. The molecule has 0 aliphatic carbocycles. The fourth-order valence-corrected chi connectivity index (χ4v) is 1.71. The number of nitrogens with zero attached hydrogens (tertiary/aromatic N) is 3. The summed E-state index contributed by atoms with van der Waals surface area (Å²) in [6.07, 6.45) is 3.71. The SMILES string of the molecule is N#Cc1cn([C@@H](Cc2cnc[nH]2)C(=O)O)c(=O)[nH]c1=O. The first-order valence-corrected chi connectivity index (χ1v) is 5.48. The average molecular weight is 275 g/mol. The van der Waals surface area contributed by atoms with Crippen molar-refractivity contribution in [2.75, 3.05) is 0 Å². The number of imidazole rings is 1. The molecule has 0 aliphatic rings. The maximum atomic E-state index is 11.7. The van der Waals surface area contributed by atoms with E-state index in [9.17, 15) is 19.5 Å². The zero-order valence-corrected chi connectivity index (χ0v) is 10.0. The Hall–Kier alpha value is -3.15. The van der Waals surface area contributed by atoms with Crippen LogP contribution in [-0.4, -0.2) is 30.6 Å². The molecule has 2 heterocycles. The largest absolute Gasteiger partial charge is 0.480 e. The number of hydrogen-bond donors (Lipinski definition) is 3. The molecule has 2 rings (SSSR count). The van der Waals surface area contributed by atoms with E-state index >= 15 is 0 Å². The van der Waals surface area contributed by atoms with Crippen molar-refractivity contribution in [3.05, 3.63) is 50.8 Å². The summed E-state index contributed by atoms with van der Waals surface area (Å²) in [6, 6.07) is 0.341. The van der Waals surface area contributed by atoms with E-state index in [2.05, 4.69) is 9.97 Å². The molecule has 0 unspecified atom stereocenters. The molecule has 1 atom stereocenters. The molecule has 0 saturated carbocycles. The van der Waals surface area contributed by atoms with E-state index in [1.807, 2.05) is 4.98 Å². The Kier molecular flexibility index (Phi) is 3.47. The lowest BCUT2D eigenvalue weighted by Gasteiger charge is -2.14. The third kappa shape index (κ3) is 2.49. The number of carbonyl (C=O) groups is 1. The molecule has 3 N–H and O–H groups in total. The van der Waals surface area contributed by atoms with Crippen LogP contribution in [0, 0.1) is 11.3 Å². The highest BCUT2D eigenvalue weighted by Gasteiger charge is 2.23. The molecule has 0 aromatic carbocycles. The second kappa shape index (κ2) is 5.23. The molecular weight excluding hydrogens is 266 g/mol. The van der Waals surface area contributed by atoms with Crippen molar-refractivity contribution in [3.8, 4) is 6.07 Å². The van der Waals surface area contributed by atoms with Crippen molar-refractivity contribution in [2.45, 2.75) is 12.5 Å². The second-order valence-corrected chi connectivity index (χ2v) is 3.96. The molecule has 0 amide bonds. The van der Waals surface area contributed by atoms with Gasteiger partial charge in [-0.3, -0.25) is 14.3 Å². The molecule has 0 spiro atoms. The zero-order chi connectivity index (χ0) is 14.7. The van der Waals surface area contributed by atoms with E-state index in [0.29, 0.717) is 5.69 Å². The van der Waals surface area contributed by atoms with Crippen molar-refractivity contribution in [1.29, 1.82) is 5.26 Å². The number of rotatable bonds is 4. The van der Waals surface area contributed by atoms with E-state index in [0.717, 1.165) is 10.8 Å². The fraction of sp³-hybridized carbons (Fsp3) is 0.182. The minimum absolute atomic E-state index is 0.0356. The Bertz CT molecular complexity index is 780. The van der Waals surface area contributed by atoms with Gasteiger partial charge >= 0.3 is 11.7 Å². The first-order valence-electron chi connectivity index (χ1n) is 5.48. The Morgan fingerprint density at radius 3 is 2.85 bits per heavy atom. The van der Waals surface area contributed by atoms with Gasteiger partial charge < -0.3 is 10.1 Å². The maximum absolute atomic E-state index is 11.7. The molecule has 0 saturated heterocycles. The summed E-state index contributed by atoms with van der Waals surface area (Å²) in [5.74, 6) is -1.27. The number of aliphatic carboxylic acids is 1. The standard InChI is InChI=1S/C11H9N5O4/c12-2-6-4-16(11(20)15-9(6)17)8(10(18)19)1-7-3-13-5-14-7/h3-5,8H,1H2,(H,13,14)(H,18,19)(H,15,17,20)/t8-/m0/s1. The van der Waals surface area contributed by atoms with Gasteiger partial charge in [-0.05, 0) is 0 Å². The highest BCUT2D eigenvalue weighted by atomic mass is 16.4. The molecular formula is C11H9N5O4. The van der Waals surface area contributed by atoms with Crippen LogP contribution in [0.4, 0.5) is 0 Å². The minimum Gasteiger partial charge on any atom is -0.480 e. The molecule has 9 nitrogen and oxygen atoms in total. The van der Waals surface area contributed by atoms with Gasteiger partial charge in [0, 0.05) is 24.5 Å². The average Bonchev–Trinajstić information content (AvgIpc) is 2.89. The summed E-state index contributed by atoms with van der Waals surface area (Å²) in [5.41, 5.74) is -1.56. The Morgan fingerprint density at radius 2 is 2.30 bits per heavy atom. The van der Waals surface area contributed by atoms with Gasteiger partial charge in [-0.2, -0.15) is 5.26 Å². The van der Waals surface area contributed by atoms with Crippen LogP contribution in [0.1, 0.15) is 17.3 Å². The van der Waals surface area contributed by atoms with Crippen molar-refractivity contribution < 1.29 is 9.90 Å². The predicted octanol–water partition coefficient (Wildman–Crippen LogP) is -1.00. The molecule has 2 aromatic rings. The monoisotopic (exact) mass is 275 g/mol. The highest BCUT2D eigenvalue weighted by molar-refractivity contribution is 5.72. The minimum atomic E-state index is -1.27. The molecule has 0 fully saturated rings. The predicted molar refractivity (Wildman–Crippen MR) is 65.0 cm³/mol. The van der Waals surface area contributed by atoms with Gasteiger partial charge in [-0.1, -0.05) is 0 Å². The van der Waals surface area contributed by atoms with Crippen LogP contribution < -0.4 is 11.2 Å². The Labute approximate surface area is 111 Å². The van der Waals surface area contributed by atoms with Crippen LogP contribution in [0.3, 0.4) is 0 Å². The first kappa shape index (κ1) is 13.3. The molecule has 102 valence electrons. The molecule has 9 heteroatoms. The van der Waals surface area contributed by atoms with E-state index in [1.54, 1.807) is 6.07 Å². The lowest BCUT2D eigenvalue weighted by molar-refractivity contribution is -0.141. The van der Waals surface area contributed by atoms with Gasteiger partial charge in [0.15, 0.2) is 0 Å². The number of aromatic nitrogens is 4. The lowest BCUT2D eigenvalue weighted by Crippen LogP contribution is -2.37. The van der Waals surface area contributed by atoms with Crippen LogP contribution in [0.15, 0.2) is 28.3 Å². The maximum Gasteiger partial charge on any atom is 0.329 e. The van der Waals surface area contributed by atoms with Crippen molar-refractivity contribution >= 4 is 5.97 Å². The van der Waals surface area contributed by atoms with Gasteiger partial charge in [0.1, 0.15) is 17.7 Å². The third-order valence-corrected chi connectivity index (χ3v) is 2.68. The van der Waals surface area contributed by atoms with Crippen LogP contribution >= 0.6 is 0 Å². The van der Waals surface area contributed by atoms with E-state index in [1.165, 1.54) is 12.5 Å². The van der Waals surface area contributed by atoms with Gasteiger partial charge in [-0.25, -0.2) is 14.6 Å². The zero-order valence-electron chi connectivity index (χ0n) is 10.0. The number of hydrogen-bond acceptors (Lipinski definition) is 5. The summed E-state index contributed by atoms with van der Waals surface area (Å²) in [6.45, 7) is 0. The number of nitriles is 1. The summed E-state index contributed by atoms with van der Waals surface area (Å²) < 4.78 is 0.809. The normalized spacial score (nSPS) is 11.8. The number of H-pyrrole nitrogens is 2. The summed E-state index contributed by atoms with van der Waals surface area (Å²) in [4.78, 5) is 42.7. The third-order valence-electron chi connectivity index (χ3n) is 2.68. The van der Waals surface area contributed by atoms with Crippen molar-refractivity contribution in [3.63, 3.8) is 0 Å². The molecule has 0 bridgehead atoms. The van der Waals surface area contributed by atoms with Gasteiger partial charge in [0.05, 0.1) is 6.33 Å².